The van der Waals surface area contributed by atoms with E-state index in [-0.39, 0.29) is 11.2 Å². The van der Waals surface area contributed by atoms with Crippen molar-refractivity contribution in [1.82, 2.24) is 0 Å². The van der Waals surface area contributed by atoms with Gasteiger partial charge in [-0.3, -0.25) is 0 Å². The van der Waals surface area contributed by atoms with Gasteiger partial charge in [-0.25, -0.2) is 4.39 Å². The lowest BCUT2D eigenvalue weighted by atomic mass is 9.64. The molecule has 6 heteroatoms. The summed E-state index contributed by atoms with van der Waals surface area (Å²) in [6.07, 6.45) is 12.5. The molecule has 0 aromatic heterocycles. The molecule has 0 bridgehead atoms. The average Bonchev–Trinajstić information content (AvgIpc) is 2.77. The van der Waals surface area contributed by atoms with E-state index in [0.717, 1.165) is 49.7 Å². The Balaban J connectivity index is 1.60. The number of benzene rings is 1. The number of halogens is 4. The number of hydrogen-bond donors (Lipinski definition) is 0. The predicted molar refractivity (Wildman–Crippen MR) is 118 cm³/mol. The van der Waals surface area contributed by atoms with Crippen LogP contribution in [-0.4, -0.2) is 13.0 Å². The molecule has 182 valence electrons. The second-order valence-electron chi connectivity index (χ2n) is 9.97. The molecule has 2 aliphatic carbocycles. The van der Waals surface area contributed by atoms with Gasteiger partial charge in [-0.2, -0.15) is 0 Å². The standard InChI is InChI=1S/C26H38F4O2/c1-2-3-4-8-15-25(16-13-21(14-17-25)20-9-6-5-7-10-20)19-31-22-11-12-24(23(27)18-22)32-26(28,29)30/h11-12,18,20-21H,2-10,13-17,19H2,1H3. The van der Waals surface area contributed by atoms with Crippen molar-refractivity contribution in [1.29, 1.82) is 0 Å². The number of unbranched alkanes of at least 4 members (excludes halogenated alkanes) is 3. The van der Waals surface area contributed by atoms with Crippen LogP contribution in [0.4, 0.5) is 17.6 Å². The van der Waals surface area contributed by atoms with Crippen molar-refractivity contribution in [3.8, 4) is 11.5 Å². The molecule has 0 aliphatic heterocycles. The minimum atomic E-state index is -4.91. The predicted octanol–water partition coefficient (Wildman–Crippen LogP) is 8.83. The highest BCUT2D eigenvalue weighted by molar-refractivity contribution is 5.33. The lowest BCUT2D eigenvalue weighted by molar-refractivity contribution is -0.275. The normalized spacial score (nSPS) is 25.0. The van der Waals surface area contributed by atoms with Gasteiger partial charge in [0.05, 0.1) is 6.61 Å². The maximum Gasteiger partial charge on any atom is 0.573 e. The Hall–Kier alpha value is -1.46. The summed E-state index contributed by atoms with van der Waals surface area (Å²) in [7, 11) is 0. The molecular weight excluding hydrogens is 420 g/mol. The Kier molecular flexibility index (Phi) is 9.13. The van der Waals surface area contributed by atoms with E-state index in [1.54, 1.807) is 0 Å². The topological polar surface area (TPSA) is 18.5 Å². The smallest absolute Gasteiger partial charge is 0.493 e. The average molecular weight is 459 g/mol. The van der Waals surface area contributed by atoms with Crippen molar-refractivity contribution < 1.29 is 27.0 Å². The van der Waals surface area contributed by atoms with Gasteiger partial charge >= 0.3 is 6.36 Å². The van der Waals surface area contributed by atoms with Crippen LogP contribution in [0.1, 0.15) is 96.8 Å². The van der Waals surface area contributed by atoms with E-state index in [1.807, 2.05) is 0 Å². The third-order valence-electron chi connectivity index (χ3n) is 7.64. The molecule has 0 N–H and O–H groups in total. The fraction of sp³-hybridized carbons (Fsp3) is 0.769. The van der Waals surface area contributed by atoms with E-state index in [0.29, 0.717) is 6.61 Å². The monoisotopic (exact) mass is 458 g/mol. The van der Waals surface area contributed by atoms with Crippen LogP contribution in [0.15, 0.2) is 18.2 Å². The molecule has 2 aliphatic rings. The molecule has 2 fully saturated rings. The molecule has 0 atom stereocenters. The summed E-state index contributed by atoms with van der Waals surface area (Å²) < 4.78 is 60.9. The van der Waals surface area contributed by atoms with Gasteiger partial charge < -0.3 is 9.47 Å². The summed E-state index contributed by atoms with van der Waals surface area (Å²) in [6, 6.07) is 3.36. The highest BCUT2D eigenvalue weighted by Crippen LogP contribution is 2.47. The highest BCUT2D eigenvalue weighted by atomic mass is 19.4. The van der Waals surface area contributed by atoms with Gasteiger partial charge in [0, 0.05) is 11.5 Å². The SMILES string of the molecule is CCCCCCC1(COc2ccc(OC(F)(F)F)c(F)c2)CCC(C2CCCCC2)CC1. The first-order valence-electron chi connectivity index (χ1n) is 12.5. The lowest BCUT2D eigenvalue weighted by Gasteiger charge is -2.43. The molecule has 0 spiro atoms. The van der Waals surface area contributed by atoms with Gasteiger partial charge in [0.2, 0.25) is 0 Å². The maximum absolute atomic E-state index is 14.1. The summed E-state index contributed by atoms with van der Waals surface area (Å²) in [5.41, 5.74) is 0.0799. The van der Waals surface area contributed by atoms with Crippen LogP contribution in [0, 0.1) is 23.1 Å². The van der Waals surface area contributed by atoms with Gasteiger partial charge in [-0.1, -0.05) is 64.7 Å². The van der Waals surface area contributed by atoms with Crippen LogP contribution >= 0.6 is 0 Å². The van der Waals surface area contributed by atoms with E-state index in [2.05, 4.69) is 11.7 Å². The fourth-order valence-electron chi connectivity index (χ4n) is 5.74. The Morgan fingerprint density at radius 3 is 2.25 bits per heavy atom. The van der Waals surface area contributed by atoms with Crippen molar-refractivity contribution >= 4 is 0 Å². The van der Waals surface area contributed by atoms with Gasteiger partial charge in [-0.15, -0.1) is 13.2 Å². The first-order valence-corrected chi connectivity index (χ1v) is 12.5. The van der Waals surface area contributed by atoms with Crippen molar-refractivity contribution in [2.24, 2.45) is 17.3 Å². The first kappa shape index (κ1) is 25.2. The lowest BCUT2D eigenvalue weighted by Crippen LogP contribution is -2.35. The van der Waals surface area contributed by atoms with Gasteiger partial charge in [0.1, 0.15) is 5.75 Å². The molecule has 0 saturated heterocycles. The number of rotatable bonds is 10. The Labute approximate surface area is 190 Å². The summed E-state index contributed by atoms with van der Waals surface area (Å²) in [5, 5.41) is 0. The second-order valence-corrected chi connectivity index (χ2v) is 9.97. The minimum absolute atomic E-state index is 0.0799. The van der Waals surface area contributed by atoms with Crippen LogP contribution in [0.2, 0.25) is 0 Å². The van der Waals surface area contributed by atoms with Crippen LogP contribution in [0.25, 0.3) is 0 Å². The minimum Gasteiger partial charge on any atom is -0.493 e. The largest absolute Gasteiger partial charge is 0.573 e. The van der Waals surface area contributed by atoms with Crippen LogP contribution in [-0.2, 0) is 0 Å². The molecule has 2 saturated carbocycles. The van der Waals surface area contributed by atoms with E-state index in [1.165, 1.54) is 70.3 Å². The quantitative estimate of drug-likeness (QED) is 0.257. The van der Waals surface area contributed by atoms with Crippen LogP contribution in [0.5, 0.6) is 11.5 Å². The second kappa shape index (κ2) is 11.6. The number of alkyl halides is 3. The number of ether oxygens (including phenoxy) is 2. The van der Waals surface area contributed by atoms with Crippen molar-refractivity contribution in [3.05, 3.63) is 24.0 Å². The summed E-state index contributed by atoms with van der Waals surface area (Å²) in [6.45, 7) is 2.70. The van der Waals surface area contributed by atoms with Gasteiger partial charge in [0.15, 0.2) is 11.6 Å². The van der Waals surface area contributed by atoms with E-state index >= 15 is 0 Å². The zero-order chi connectivity index (χ0) is 23.0. The van der Waals surface area contributed by atoms with E-state index in [4.69, 9.17) is 4.74 Å². The Morgan fingerprint density at radius 2 is 1.62 bits per heavy atom. The molecular formula is C26H38F4O2. The van der Waals surface area contributed by atoms with E-state index < -0.39 is 17.9 Å². The molecule has 3 rings (SSSR count). The number of hydrogen-bond acceptors (Lipinski definition) is 2. The summed E-state index contributed by atoms with van der Waals surface area (Å²) >= 11 is 0. The zero-order valence-corrected chi connectivity index (χ0v) is 19.3. The molecule has 0 unspecified atom stereocenters. The fourth-order valence-corrected chi connectivity index (χ4v) is 5.74. The third kappa shape index (κ3) is 7.55. The van der Waals surface area contributed by atoms with Gasteiger partial charge in [0.25, 0.3) is 0 Å². The first-order chi connectivity index (χ1) is 15.3. The van der Waals surface area contributed by atoms with Crippen LogP contribution in [0.3, 0.4) is 0 Å². The maximum atomic E-state index is 14.1. The van der Waals surface area contributed by atoms with Crippen molar-refractivity contribution in [2.75, 3.05) is 6.61 Å². The molecule has 1 aromatic carbocycles. The van der Waals surface area contributed by atoms with Gasteiger partial charge in [-0.05, 0) is 56.1 Å². The molecule has 1 aromatic rings. The molecule has 0 heterocycles. The summed E-state index contributed by atoms with van der Waals surface area (Å²) in [5.74, 6) is 0.0673. The van der Waals surface area contributed by atoms with Crippen molar-refractivity contribution in [3.63, 3.8) is 0 Å². The van der Waals surface area contributed by atoms with Crippen LogP contribution < -0.4 is 9.47 Å². The Bertz CT molecular complexity index is 690. The Morgan fingerprint density at radius 1 is 0.938 bits per heavy atom. The summed E-state index contributed by atoms with van der Waals surface area (Å²) in [4.78, 5) is 0. The van der Waals surface area contributed by atoms with Crippen molar-refractivity contribution in [2.45, 2.75) is 103 Å². The third-order valence-corrected chi connectivity index (χ3v) is 7.64. The molecule has 0 amide bonds. The highest BCUT2D eigenvalue weighted by Gasteiger charge is 2.38. The molecule has 0 radical (unpaired) electrons. The van der Waals surface area contributed by atoms with E-state index in [9.17, 15) is 17.6 Å². The molecule has 32 heavy (non-hydrogen) atoms. The molecule has 2 nitrogen and oxygen atoms in total. The zero-order valence-electron chi connectivity index (χ0n) is 19.3.